The number of hydrogen-bond donors (Lipinski definition) is 0. The van der Waals surface area contributed by atoms with Crippen LogP contribution < -0.4 is 0 Å². The quantitative estimate of drug-likeness (QED) is 0.228. The summed E-state index contributed by atoms with van der Waals surface area (Å²) in [6.45, 7) is 8.56. The number of aryl methyl sites for hydroxylation is 4. The molecule has 0 spiro atoms. The van der Waals surface area contributed by atoms with Crippen LogP contribution in [0, 0.1) is 27.7 Å². The van der Waals surface area contributed by atoms with Crippen molar-refractivity contribution >= 4 is 0 Å². The van der Waals surface area contributed by atoms with E-state index >= 15 is 0 Å². The Balaban J connectivity index is 1.26. The fourth-order valence-corrected chi connectivity index (χ4v) is 5.31. The zero-order valence-corrected chi connectivity index (χ0v) is 23.4. The van der Waals surface area contributed by atoms with Gasteiger partial charge in [0.1, 0.15) is 0 Å². The van der Waals surface area contributed by atoms with Gasteiger partial charge < -0.3 is 0 Å². The predicted molar refractivity (Wildman–Crippen MR) is 168 cm³/mol. The Morgan fingerprint density at radius 2 is 0.700 bits per heavy atom. The standard InChI is InChI=1S/C38H32N2/c1-25-7-5-9-29(15-25)33-17-27(3)19-35(21-33)31-11-13-37(39-23-31)38-14-12-32(24-40-38)36-20-28(4)18-34(22-36)30-10-6-8-26(2)16-30/h5-24H,1-4H3. The van der Waals surface area contributed by atoms with Gasteiger partial charge in [0.05, 0.1) is 11.4 Å². The third-order valence-electron chi connectivity index (χ3n) is 7.31. The summed E-state index contributed by atoms with van der Waals surface area (Å²) < 4.78 is 0. The van der Waals surface area contributed by atoms with Crippen LogP contribution in [0.15, 0.2) is 122 Å². The monoisotopic (exact) mass is 516 g/mol. The minimum atomic E-state index is 0.867. The van der Waals surface area contributed by atoms with E-state index in [1.54, 1.807) is 0 Å². The average molecular weight is 517 g/mol. The molecule has 0 N–H and O–H groups in total. The number of rotatable bonds is 5. The molecule has 0 amide bonds. The molecule has 0 aliphatic rings. The van der Waals surface area contributed by atoms with E-state index in [0.29, 0.717) is 0 Å². The maximum absolute atomic E-state index is 4.79. The molecule has 6 rings (SSSR count). The lowest BCUT2D eigenvalue weighted by atomic mass is 9.96. The molecule has 0 aliphatic heterocycles. The molecule has 0 saturated heterocycles. The van der Waals surface area contributed by atoms with Crippen molar-refractivity contribution in [3.63, 3.8) is 0 Å². The van der Waals surface area contributed by atoms with E-state index in [4.69, 9.17) is 9.97 Å². The third kappa shape index (κ3) is 5.48. The van der Waals surface area contributed by atoms with Crippen LogP contribution in [0.25, 0.3) is 55.9 Å². The molecule has 6 aromatic rings. The van der Waals surface area contributed by atoms with E-state index < -0.39 is 0 Å². The van der Waals surface area contributed by atoms with Crippen molar-refractivity contribution in [3.8, 4) is 55.9 Å². The van der Waals surface area contributed by atoms with Crippen molar-refractivity contribution in [2.24, 2.45) is 0 Å². The summed E-state index contributed by atoms with van der Waals surface area (Å²) in [5, 5.41) is 0. The van der Waals surface area contributed by atoms with Gasteiger partial charge in [0, 0.05) is 23.5 Å². The van der Waals surface area contributed by atoms with Gasteiger partial charge >= 0.3 is 0 Å². The Kier molecular flexibility index (Phi) is 6.84. The van der Waals surface area contributed by atoms with E-state index in [1.807, 2.05) is 12.4 Å². The van der Waals surface area contributed by atoms with Crippen molar-refractivity contribution in [2.75, 3.05) is 0 Å². The van der Waals surface area contributed by atoms with Crippen LogP contribution in [-0.4, -0.2) is 9.97 Å². The number of benzene rings is 4. The van der Waals surface area contributed by atoms with E-state index in [-0.39, 0.29) is 0 Å². The highest BCUT2D eigenvalue weighted by Gasteiger charge is 2.09. The van der Waals surface area contributed by atoms with Crippen LogP contribution in [0.3, 0.4) is 0 Å². The zero-order valence-electron chi connectivity index (χ0n) is 23.4. The predicted octanol–water partition coefficient (Wildman–Crippen LogP) is 10.0. The van der Waals surface area contributed by atoms with Gasteiger partial charge in [-0.05, 0) is 96.5 Å². The Morgan fingerprint density at radius 1 is 0.325 bits per heavy atom. The number of pyridine rings is 2. The Morgan fingerprint density at radius 3 is 1.05 bits per heavy atom. The summed E-state index contributed by atoms with van der Waals surface area (Å²) in [7, 11) is 0. The van der Waals surface area contributed by atoms with Crippen molar-refractivity contribution in [1.29, 1.82) is 0 Å². The Bertz CT molecular complexity index is 1680. The molecule has 0 aliphatic carbocycles. The number of hydrogen-bond acceptors (Lipinski definition) is 2. The van der Waals surface area contributed by atoms with E-state index in [2.05, 4.69) is 137 Å². The molecule has 0 radical (unpaired) electrons. The highest BCUT2D eigenvalue weighted by Crippen LogP contribution is 2.31. The summed E-state index contributed by atoms with van der Waals surface area (Å²) in [6, 6.07) is 39.1. The first-order chi connectivity index (χ1) is 19.4. The van der Waals surface area contributed by atoms with Crippen LogP contribution in [0.4, 0.5) is 0 Å². The lowest BCUT2D eigenvalue weighted by Gasteiger charge is -2.10. The normalized spacial score (nSPS) is 11.0. The van der Waals surface area contributed by atoms with Crippen LogP contribution in [0.5, 0.6) is 0 Å². The van der Waals surface area contributed by atoms with Gasteiger partial charge in [-0.2, -0.15) is 0 Å². The smallest absolute Gasteiger partial charge is 0.0886 e. The topological polar surface area (TPSA) is 25.8 Å². The van der Waals surface area contributed by atoms with Crippen molar-refractivity contribution in [2.45, 2.75) is 27.7 Å². The fourth-order valence-electron chi connectivity index (χ4n) is 5.31. The average Bonchev–Trinajstić information content (AvgIpc) is 2.97. The first kappa shape index (κ1) is 25.5. The van der Waals surface area contributed by atoms with Gasteiger partial charge in [0.25, 0.3) is 0 Å². The molecule has 2 heteroatoms. The summed E-state index contributed by atoms with van der Waals surface area (Å²) in [5.41, 5.74) is 16.2. The third-order valence-corrected chi connectivity index (χ3v) is 7.31. The van der Waals surface area contributed by atoms with Gasteiger partial charge in [0.15, 0.2) is 0 Å². The van der Waals surface area contributed by atoms with Crippen molar-refractivity contribution in [3.05, 3.63) is 144 Å². The molecular weight excluding hydrogens is 484 g/mol. The molecule has 0 atom stereocenters. The van der Waals surface area contributed by atoms with E-state index in [0.717, 1.165) is 22.5 Å². The van der Waals surface area contributed by atoms with Crippen LogP contribution in [-0.2, 0) is 0 Å². The molecule has 0 unspecified atom stereocenters. The van der Waals surface area contributed by atoms with E-state index in [9.17, 15) is 0 Å². The highest BCUT2D eigenvalue weighted by molar-refractivity contribution is 5.76. The molecule has 0 fully saturated rings. The lowest BCUT2D eigenvalue weighted by Crippen LogP contribution is -1.91. The largest absolute Gasteiger partial charge is 0.254 e. The minimum Gasteiger partial charge on any atom is -0.254 e. The molecule has 0 saturated carbocycles. The maximum Gasteiger partial charge on any atom is 0.0886 e. The summed E-state index contributed by atoms with van der Waals surface area (Å²) >= 11 is 0. The maximum atomic E-state index is 4.79. The molecular formula is C38H32N2. The second-order valence-corrected chi connectivity index (χ2v) is 10.8. The highest BCUT2D eigenvalue weighted by atomic mass is 14.8. The number of aromatic nitrogens is 2. The van der Waals surface area contributed by atoms with Gasteiger partial charge in [-0.1, -0.05) is 96.1 Å². The van der Waals surface area contributed by atoms with E-state index in [1.165, 1.54) is 55.6 Å². The van der Waals surface area contributed by atoms with Gasteiger partial charge in [-0.3, -0.25) is 9.97 Å². The first-order valence-corrected chi connectivity index (χ1v) is 13.7. The minimum absolute atomic E-state index is 0.867. The second-order valence-electron chi connectivity index (χ2n) is 10.8. The molecule has 40 heavy (non-hydrogen) atoms. The summed E-state index contributed by atoms with van der Waals surface area (Å²) in [5.74, 6) is 0. The second kappa shape index (κ2) is 10.7. The van der Waals surface area contributed by atoms with Crippen LogP contribution in [0.1, 0.15) is 22.3 Å². The van der Waals surface area contributed by atoms with Crippen molar-refractivity contribution < 1.29 is 0 Å². The SMILES string of the molecule is Cc1cccc(-c2cc(C)cc(-c3ccc(-c4ccc(-c5cc(C)cc(-c6cccc(C)c6)c5)cn4)nc3)c2)c1. The van der Waals surface area contributed by atoms with Crippen LogP contribution in [0.2, 0.25) is 0 Å². The molecule has 2 nitrogen and oxygen atoms in total. The molecule has 2 aromatic heterocycles. The Labute approximate surface area is 237 Å². The Hall–Kier alpha value is -4.82. The fraction of sp³-hybridized carbons (Fsp3) is 0.105. The number of nitrogens with zero attached hydrogens (tertiary/aromatic N) is 2. The van der Waals surface area contributed by atoms with Gasteiger partial charge in [-0.15, -0.1) is 0 Å². The lowest BCUT2D eigenvalue weighted by molar-refractivity contribution is 1.25. The molecule has 194 valence electrons. The molecule has 2 heterocycles. The molecule has 0 bridgehead atoms. The van der Waals surface area contributed by atoms with Gasteiger partial charge in [-0.25, -0.2) is 0 Å². The van der Waals surface area contributed by atoms with Crippen molar-refractivity contribution in [1.82, 2.24) is 9.97 Å². The van der Waals surface area contributed by atoms with Crippen LogP contribution >= 0.6 is 0 Å². The van der Waals surface area contributed by atoms with Gasteiger partial charge in [0.2, 0.25) is 0 Å². The molecule has 4 aromatic carbocycles. The zero-order chi connectivity index (χ0) is 27.6. The first-order valence-electron chi connectivity index (χ1n) is 13.7. The summed E-state index contributed by atoms with van der Waals surface area (Å²) in [6.07, 6.45) is 3.91. The summed E-state index contributed by atoms with van der Waals surface area (Å²) in [4.78, 5) is 9.58.